The molecule has 0 saturated carbocycles. The second kappa shape index (κ2) is 5.61. The van der Waals surface area contributed by atoms with E-state index in [9.17, 15) is 4.79 Å². The molecule has 0 bridgehead atoms. The zero-order valence-corrected chi connectivity index (χ0v) is 11.1. The quantitative estimate of drug-likeness (QED) is 0.773. The molecule has 1 atom stereocenters. The molecule has 1 aromatic carbocycles. The number of rotatable bonds is 1. The standard InChI is InChI=1S/C15H20N2O2/c18-15(16-8-10-19-11-9-16)17-7-6-14(12-17)13-4-2-1-3-5-13/h1-5,14H,6-12H2. The first-order valence-electron chi connectivity index (χ1n) is 7.01. The molecule has 0 aliphatic carbocycles. The Bertz CT molecular complexity index is 429. The van der Waals surface area contributed by atoms with Crippen molar-refractivity contribution < 1.29 is 9.53 Å². The third kappa shape index (κ3) is 2.73. The van der Waals surface area contributed by atoms with Gasteiger partial charge in [-0.15, -0.1) is 0 Å². The van der Waals surface area contributed by atoms with Crippen molar-refractivity contribution in [2.24, 2.45) is 0 Å². The number of urea groups is 1. The number of likely N-dealkylation sites (tertiary alicyclic amines) is 1. The van der Waals surface area contributed by atoms with Crippen molar-refractivity contribution in [3.8, 4) is 0 Å². The number of hydrogen-bond donors (Lipinski definition) is 0. The monoisotopic (exact) mass is 260 g/mol. The van der Waals surface area contributed by atoms with Gasteiger partial charge in [-0.25, -0.2) is 4.79 Å². The molecule has 2 heterocycles. The van der Waals surface area contributed by atoms with Gasteiger partial charge in [-0.05, 0) is 12.0 Å². The Kier molecular flexibility index (Phi) is 3.69. The highest BCUT2D eigenvalue weighted by Gasteiger charge is 2.30. The Morgan fingerprint density at radius 2 is 1.79 bits per heavy atom. The van der Waals surface area contributed by atoms with Gasteiger partial charge in [-0.2, -0.15) is 0 Å². The number of ether oxygens (including phenoxy) is 1. The van der Waals surface area contributed by atoms with Crippen molar-refractivity contribution in [2.75, 3.05) is 39.4 Å². The van der Waals surface area contributed by atoms with E-state index in [-0.39, 0.29) is 6.03 Å². The Morgan fingerprint density at radius 3 is 2.53 bits per heavy atom. The summed E-state index contributed by atoms with van der Waals surface area (Å²) in [6, 6.07) is 10.7. The van der Waals surface area contributed by atoms with Crippen LogP contribution in [-0.4, -0.2) is 55.2 Å². The molecular weight excluding hydrogens is 240 g/mol. The van der Waals surface area contributed by atoms with Crippen LogP contribution in [0.1, 0.15) is 17.9 Å². The van der Waals surface area contributed by atoms with Crippen LogP contribution < -0.4 is 0 Å². The molecule has 0 radical (unpaired) electrons. The lowest BCUT2D eigenvalue weighted by Gasteiger charge is -2.31. The predicted octanol–water partition coefficient (Wildman–Crippen LogP) is 1.93. The maximum Gasteiger partial charge on any atom is 0.320 e. The first-order valence-corrected chi connectivity index (χ1v) is 7.01. The van der Waals surface area contributed by atoms with E-state index in [1.165, 1.54) is 5.56 Å². The first kappa shape index (κ1) is 12.5. The minimum atomic E-state index is 0.182. The smallest absolute Gasteiger partial charge is 0.320 e. The second-order valence-corrected chi connectivity index (χ2v) is 5.22. The molecule has 2 amide bonds. The molecule has 2 saturated heterocycles. The predicted molar refractivity (Wildman–Crippen MR) is 73.2 cm³/mol. The number of benzene rings is 1. The molecular formula is C15H20N2O2. The van der Waals surface area contributed by atoms with Gasteiger partial charge < -0.3 is 14.5 Å². The third-order valence-corrected chi connectivity index (χ3v) is 4.01. The van der Waals surface area contributed by atoms with Gasteiger partial charge in [0.15, 0.2) is 0 Å². The van der Waals surface area contributed by atoms with Gasteiger partial charge in [0.2, 0.25) is 0 Å². The van der Waals surface area contributed by atoms with Crippen LogP contribution in [0.4, 0.5) is 4.79 Å². The fourth-order valence-corrected chi connectivity index (χ4v) is 2.89. The van der Waals surface area contributed by atoms with Crippen LogP contribution in [0, 0.1) is 0 Å². The molecule has 4 nitrogen and oxygen atoms in total. The summed E-state index contributed by atoms with van der Waals surface area (Å²) in [4.78, 5) is 16.3. The van der Waals surface area contributed by atoms with E-state index in [0.29, 0.717) is 19.1 Å². The van der Waals surface area contributed by atoms with Gasteiger partial charge in [-0.1, -0.05) is 30.3 Å². The molecule has 1 aromatic rings. The number of morpholine rings is 1. The van der Waals surface area contributed by atoms with Gasteiger partial charge in [0.25, 0.3) is 0 Å². The zero-order chi connectivity index (χ0) is 13.1. The lowest BCUT2D eigenvalue weighted by molar-refractivity contribution is 0.0451. The Morgan fingerprint density at radius 1 is 1.05 bits per heavy atom. The fraction of sp³-hybridized carbons (Fsp3) is 0.533. The first-order chi connectivity index (χ1) is 9.34. The molecule has 2 aliphatic rings. The van der Waals surface area contributed by atoms with Crippen LogP contribution in [0.2, 0.25) is 0 Å². The SMILES string of the molecule is O=C(N1CCOCC1)N1CCC(c2ccccc2)C1. The second-order valence-electron chi connectivity index (χ2n) is 5.22. The summed E-state index contributed by atoms with van der Waals surface area (Å²) in [7, 11) is 0. The minimum absolute atomic E-state index is 0.182. The van der Waals surface area contributed by atoms with Gasteiger partial charge >= 0.3 is 6.03 Å². The average Bonchev–Trinajstić information content (AvgIpc) is 2.98. The normalized spacial score (nSPS) is 23.7. The Labute approximate surface area is 113 Å². The van der Waals surface area contributed by atoms with E-state index >= 15 is 0 Å². The average molecular weight is 260 g/mol. The van der Waals surface area contributed by atoms with E-state index in [0.717, 1.165) is 32.6 Å². The van der Waals surface area contributed by atoms with E-state index < -0.39 is 0 Å². The van der Waals surface area contributed by atoms with Crippen molar-refractivity contribution in [3.63, 3.8) is 0 Å². The van der Waals surface area contributed by atoms with Crippen molar-refractivity contribution >= 4 is 6.03 Å². The minimum Gasteiger partial charge on any atom is -0.378 e. The maximum absolute atomic E-state index is 12.4. The number of amides is 2. The van der Waals surface area contributed by atoms with Crippen molar-refractivity contribution in [3.05, 3.63) is 35.9 Å². The lowest BCUT2D eigenvalue weighted by atomic mass is 9.99. The van der Waals surface area contributed by atoms with Crippen LogP contribution >= 0.6 is 0 Å². The number of nitrogens with zero attached hydrogens (tertiary/aromatic N) is 2. The molecule has 1 unspecified atom stereocenters. The molecule has 2 fully saturated rings. The van der Waals surface area contributed by atoms with Crippen LogP contribution in [0.3, 0.4) is 0 Å². The third-order valence-electron chi connectivity index (χ3n) is 4.01. The number of carbonyl (C=O) groups excluding carboxylic acids is 1. The van der Waals surface area contributed by atoms with Gasteiger partial charge in [0.1, 0.15) is 0 Å². The molecule has 0 aromatic heterocycles. The van der Waals surface area contributed by atoms with E-state index in [4.69, 9.17) is 4.74 Å². The largest absolute Gasteiger partial charge is 0.378 e. The molecule has 19 heavy (non-hydrogen) atoms. The summed E-state index contributed by atoms with van der Waals surface area (Å²) in [6.45, 7) is 4.51. The summed E-state index contributed by atoms with van der Waals surface area (Å²) < 4.78 is 5.29. The topological polar surface area (TPSA) is 32.8 Å². The van der Waals surface area contributed by atoms with Crippen LogP contribution in [0.5, 0.6) is 0 Å². The number of hydrogen-bond acceptors (Lipinski definition) is 2. The van der Waals surface area contributed by atoms with Crippen molar-refractivity contribution in [2.45, 2.75) is 12.3 Å². The summed E-state index contributed by atoms with van der Waals surface area (Å²) in [6.07, 6.45) is 1.07. The van der Waals surface area contributed by atoms with Gasteiger partial charge in [-0.3, -0.25) is 0 Å². The van der Waals surface area contributed by atoms with Gasteiger partial charge in [0.05, 0.1) is 13.2 Å². The highest BCUT2D eigenvalue weighted by molar-refractivity contribution is 5.75. The summed E-state index contributed by atoms with van der Waals surface area (Å²) in [5.41, 5.74) is 1.35. The lowest BCUT2D eigenvalue weighted by Crippen LogP contribution is -2.47. The Balaban J connectivity index is 1.61. The van der Waals surface area contributed by atoms with E-state index in [2.05, 4.69) is 24.3 Å². The summed E-state index contributed by atoms with van der Waals surface area (Å²) in [5.74, 6) is 0.492. The maximum atomic E-state index is 12.4. The Hall–Kier alpha value is -1.55. The summed E-state index contributed by atoms with van der Waals surface area (Å²) >= 11 is 0. The summed E-state index contributed by atoms with van der Waals surface area (Å²) in [5, 5.41) is 0. The fourth-order valence-electron chi connectivity index (χ4n) is 2.89. The molecule has 102 valence electrons. The molecule has 0 N–H and O–H groups in total. The van der Waals surface area contributed by atoms with E-state index in [1.54, 1.807) is 0 Å². The molecule has 0 spiro atoms. The van der Waals surface area contributed by atoms with Crippen LogP contribution in [0.25, 0.3) is 0 Å². The van der Waals surface area contributed by atoms with Crippen molar-refractivity contribution in [1.82, 2.24) is 9.80 Å². The molecule has 3 rings (SSSR count). The number of carbonyl (C=O) groups is 1. The highest BCUT2D eigenvalue weighted by Crippen LogP contribution is 2.27. The zero-order valence-electron chi connectivity index (χ0n) is 11.1. The van der Waals surface area contributed by atoms with Crippen LogP contribution in [-0.2, 0) is 4.74 Å². The molecule has 2 aliphatic heterocycles. The van der Waals surface area contributed by atoms with Gasteiger partial charge in [0, 0.05) is 32.1 Å². The van der Waals surface area contributed by atoms with Crippen LogP contribution in [0.15, 0.2) is 30.3 Å². The van der Waals surface area contributed by atoms with E-state index in [1.807, 2.05) is 15.9 Å². The highest BCUT2D eigenvalue weighted by atomic mass is 16.5. The molecule has 4 heteroatoms. The van der Waals surface area contributed by atoms with Crippen molar-refractivity contribution in [1.29, 1.82) is 0 Å².